The highest BCUT2D eigenvalue weighted by Gasteiger charge is 2.50. The first-order valence-electron chi connectivity index (χ1n) is 6.79. The van der Waals surface area contributed by atoms with Crippen molar-refractivity contribution >= 4 is 21.9 Å². The van der Waals surface area contributed by atoms with Crippen molar-refractivity contribution < 1.29 is 14.3 Å². The lowest BCUT2D eigenvalue weighted by atomic mass is 10.1. The van der Waals surface area contributed by atoms with Crippen LogP contribution in [0.25, 0.3) is 0 Å². The molecule has 20 heavy (non-hydrogen) atoms. The standard InChI is InChI=1S/C16H19BrO3/c1-3-4-11-19-12(2)15(18)20-16(9-10-16)13-7-5-6-8-14(13)17/h3,5-8,12H,1,4,9-11H2,2H3/t12-/m1/s1. The van der Waals surface area contributed by atoms with Crippen LogP contribution in [0.4, 0.5) is 0 Å². The van der Waals surface area contributed by atoms with Crippen molar-refractivity contribution in [2.24, 2.45) is 0 Å². The van der Waals surface area contributed by atoms with Gasteiger partial charge < -0.3 is 9.47 Å². The third-order valence-corrected chi connectivity index (χ3v) is 4.08. The molecule has 0 heterocycles. The van der Waals surface area contributed by atoms with Crippen LogP contribution in [0.3, 0.4) is 0 Å². The van der Waals surface area contributed by atoms with Crippen LogP contribution in [0.2, 0.25) is 0 Å². The normalized spacial score (nSPS) is 17.3. The van der Waals surface area contributed by atoms with E-state index in [1.54, 1.807) is 13.0 Å². The van der Waals surface area contributed by atoms with E-state index in [0.29, 0.717) is 6.61 Å². The Bertz CT molecular complexity index is 494. The highest BCUT2D eigenvalue weighted by molar-refractivity contribution is 9.10. The Labute approximate surface area is 128 Å². The van der Waals surface area contributed by atoms with Gasteiger partial charge in [-0.15, -0.1) is 6.58 Å². The molecule has 108 valence electrons. The minimum Gasteiger partial charge on any atom is -0.452 e. The van der Waals surface area contributed by atoms with E-state index in [2.05, 4.69) is 22.5 Å². The second-order valence-corrected chi connectivity index (χ2v) is 5.84. The summed E-state index contributed by atoms with van der Waals surface area (Å²) >= 11 is 3.52. The fourth-order valence-electron chi connectivity index (χ4n) is 2.04. The fourth-order valence-corrected chi connectivity index (χ4v) is 2.69. The van der Waals surface area contributed by atoms with Gasteiger partial charge in [-0.05, 0) is 32.3 Å². The van der Waals surface area contributed by atoms with Crippen molar-refractivity contribution in [2.75, 3.05) is 6.61 Å². The number of carbonyl (C=O) groups excluding carboxylic acids is 1. The van der Waals surface area contributed by atoms with Crippen LogP contribution in [-0.4, -0.2) is 18.7 Å². The Kier molecular flexibility index (Phi) is 5.00. The first kappa shape index (κ1) is 15.3. The molecule has 0 unspecified atom stereocenters. The van der Waals surface area contributed by atoms with Gasteiger partial charge in [0, 0.05) is 10.0 Å². The second-order valence-electron chi connectivity index (χ2n) is 4.99. The summed E-state index contributed by atoms with van der Waals surface area (Å²) in [6.07, 6.45) is 3.67. The lowest BCUT2D eigenvalue weighted by Crippen LogP contribution is -2.28. The van der Waals surface area contributed by atoms with Crippen LogP contribution in [-0.2, 0) is 19.9 Å². The molecular weight excluding hydrogens is 320 g/mol. The predicted molar refractivity (Wildman–Crippen MR) is 81.4 cm³/mol. The van der Waals surface area contributed by atoms with Crippen LogP contribution < -0.4 is 0 Å². The summed E-state index contributed by atoms with van der Waals surface area (Å²) in [5.41, 5.74) is 0.569. The van der Waals surface area contributed by atoms with Gasteiger partial charge in [-0.2, -0.15) is 0 Å². The quantitative estimate of drug-likeness (QED) is 0.428. The number of ether oxygens (including phenoxy) is 2. The molecule has 1 aliphatic rings. The molecule has 0 saturated heterocycles. The summed E-state index contributed by atoms with van der Waals surface area (Å²) in [6.45, 7) is 5.83. The number of carbonyl (C=O) groups is 1. The zero-order valence-electron chi connectivity index (χ0n) is 11.6. The number of hydrogen-bond acceptors (Lipinski definition) is 3. The van der Waals surface area contributed by atoms with Gasteiger partial charge >= 0.3 is 5.97 Å². The van der Waals surface area contributed by atoms with E-state index in [4.69, 9.17) is 9.47 Å². The maximum atomic E-state index is 12.1. The molecule has 1 saturated carbocycles. The van der Waals surface area contributed by atoms with E-state index in [1.807, 2.05) is 24.3 Å². The van der Waals surface area contributed by atoms with Gasteiger partial charge in [0.2, 0.25) is 0 Å². The summed E-state index contributed by atoms with van der Waals surface area (Å²) in [4.78, 5) is 12.1. The monoisotopic (exact) mass is 338 g/mol. The molecule has 0 aliphatic heterocycles. The molecule has 0 N–H and O–H groups in total. The molecule has 1 aliphatic carbocycles. The Morgan fingerprint density at radius 1 is 1.50 bits per heavy atom. The molecule has 4 heteroatoms. The van der Waals surface area contributed by atoms with E-state index in [1.165, 1.54) is 0 Å². The summed E-state index contributed by atoms with van der Waals surface area (Å²) in [5.74, 6) is -0.303. The van der Waals surface area contributed by atoms with E-state index in [9.17, 15) is 4.79 Å². The molecule has 2 rings (SSSR count). The third-order valence-electron chi connectivity index (χ3n) is 3.39. The average Bonchev–Trinajstić information content (AvgIpc) is 3.20. The minimum absolute atomic E-state index is 0.303. The minimum atomic E-state index is -0.546. The molecule has 0 amide bonds. The van der Waals surface area contributed by atoms with Gasteiger partial charge in [-0.1, -0.05) is 40.2 Å². The number of esters is 1. The van der Waals surface area contributed by atoms with Crippen molar-refractivity contribution in [3.8, 4) is 0 Å². The van der Waals surface area contributed by atoms with E-state index >= 15 is 0 Å². The molecule has 0 aromatic heterocycles. The maximum Gasteiger partial charge on any atom is 0.335 e. The molecule has 1 aromatic rings. The topological polar surface area (TPSA) is 35.5 Å². The van der Waals surface area contributed by atoms with Crippen molar-refractivity contribution in [2.45, 2.75) is 37.9 Å². The summed E-state index contributed by atoms with van der Waals surface area (Å²) in [5, 5.41) is 0. The van der Waals surface area contributed by atoms with Crippen LogP contribution >= 0.6 is 15.9 Å². The van der Waals surface area contributed by atoms with Crippen LogP contribution in [0, 0.1) is 0 Å². The van der Waals surface area contributed by atoms with Gasteiger partial charge in [-0.3, -0.25) is 0 Å². The van der Waals surface area contributed by atoms with Crippen molar-refractivity contribution in [3.63, 3.8) is 0 Å². The highest BCUT2D eigenvalue weighted by Crippen LogP contribution is 2.51. The molecule has 1 fully saturated rings. The van der Waals surface area contributed by atoms with E-state index < -0.39 is 11.7 Å². The van der Waals surface area contributed by atoms with Crippen molar-refractivity contribution in [3.05, 3.63) is 47.0 Å². The zero-order valence-corrected chi connectivity index (χ0v) is 13.2. The van der Waals surface area contributed by atoms with Gasteiger partial charge in [0.1, 0.15) is 5.60 Å². The average molecular weight is 339 g/mol. The molecule has 0 bridgehead atoms. The summed E-state index contributed by atoms with van der Waals surface area (Å²) < 4.78 is 12.1. The highest BCUT2D eigenvalue weighted by atomic mass is 79.9. The largest absolute Gasteiger partial charge is 0.452 e. The molecule has 3 nitrogen and oxygen atoms in total. The lowest BCUT2D eigenvalue weighted by molar-refractivity contribution is -0.164. The van der Waals surface area contributed by atoms with Crippen LogP contribution in [0.1, 0.15) is 31.7 Å². The van der Waals surface area contributed by atoms with Gasteiger partial charge in [0.05, 0.1) is 6.61 Å². The molecule has 0 spiro atoms. The van der Waals surface area contributed by atoms with E-state index in [0.717, 1.165) is 29.3 Å². The first-order valence-corrected chi connectivity index (χ1v) is 7.59. The second kappa shape index (κ2) is 6.55. The Hall–Kier alpha value is -1.13. The molecule has 1 atom stereocenters. The number of halogens is 1. The smallest absolute Gasteiger partial charge is 0.335 e. The number of rotatable bonds is 7. The zero-order chi connectivity index (χ0) is 14.6. The van der Waals surface area contributed by atoms with Crippen LogP contribution in [0.15, 0.2) is 41.4 Å². The molecule has 1 aromatic carbocycles. The van der Waals surface area contributed by atoms with Gasteiger partial charge in [0.25, 0.3) is 0 Å². The van der Waals surface area contributed by atoms with Gasteiger partial charge in [-0.25, -0.2) is 4.79 Å². The Morgan fingerprint density at radius 3 is 2.80 bits per heavy atom. The van der Waals surface area contributed by atoms with E-state index in [-0.39, 0.29) is 5.97 Å². The number of hydrogen-bond donors (Lipinski definition) is 0. The number of benzene rings is 1. The first-order chi connectivity index (χ1) is 9.59. The Morgan fingerprint density at radius 2 is 2.20 bits per heavy atom. The predicted octanol–water partition coefficient (Wildman–Crippen LogP) is 3.96. The summed E-state index contributed by atoms with van der Waals surface area (Å²) in [6, 6.07) is 7.87. The van der Waals surface area contributed by atoms with Gasteiger partial charge in [0.15, 0.2) is 6.10 Å². The van der Waals surface area contributed by atoms with Crippen molar-refractivity contribution in [1.29, 1.82) is 0 Å². The lowest BCUT2D eigenvalue weighted by Gasteiger charge is -2.21. The Balaban J connectivity index is 1.97. The summed E-state index contributed by atoms with van der Waals surface area (Å²) in [7, 11) is 0. The third kappa shape index (κ3) is 3.49. The molecular formula is C16H19BrO3. The molecule has 0 radical (unpaired) electrons. The van der Waals surface area contributed by atoms with Crippen LogP contribution in [0.5, 0.6) is 0 Å². The maximum absolute atomic E-state index is 12.1. The van der Waals surface area contributed by atoms with Crippen molar-refractivity contribution in [1.82, 2.24) is 0 Å². The fraction of sp³-hybridized carbons (Fsp3) is 0.438. The SMILES string of the molecule is C=CCCO[C@H](C)C(=O)OC1(c2ccccc2Br)CC1.